The summed E-state index contributed by atoms with van der Waals surface area (Å²) in [6.07, 6.45) is 2.44. The third-order valence-electron chi connectivity index (χ3n) is 2.50. The molecule has 0 heterocycles. The average Bonchev–Trinajstić information content (AvgIpc) is 2.50. The van der Waals surface area contributed by atoms with Gasteiger partial charge >= 0.3 is 5.97 Å². The fourth-order valence-electron chi connectivity index (χ4n) is 1.43. The van der Waals surface area contributed by atoms with Crippen LogP contribution in [0.1, 0.15) is 5.56 Å². The summed E-state index contributed by atoms with van der Waals surface area (Å²) in [5, 5.41) is 35.0. The fourth-order valence-corrected chi connectivity index (χ4v) is 1.43. The zero-order chi connectivity index (χ0) is 16.5. The Labute approximate surface area is 127 Å². The first-order chi connectivity index (χ1) is 10.4. The van der Waals surface area contributed by atoms with Crippen molar-refractivity contribution >= 4 is 12.0 Å². The zero-order valence-corrected chi connectivity index (χ0v) is 11.8. The Morgan fingerprint density at radius 3 is 2.05 bits per heavy atom. The number of aromatic hydroxyl groups is 3. The van der Waals surface area contributed by atoms with Gasteiger partial charge in [-0.05, 0) is 35.9 Å². The number of methoxy groups -OCH3 is 1. The quantitative estimate of drug-likeness (QED) is 0.513. The van der Waals surface area contributed by atoms with Crippen LogP contribution in [0.15, 0.2) is 48.5 Å². The monoisotopic (exact) mass is 304 g/mol. The van der Waals surface area contributed by atoms with Crippen molar-refractivity contribution in [1.29, 1.82) is 0 Å². The number of hydrogen-bond acceptors (Lipinski definition) is 5. The van der Waals surface area contributed by atoms with E-state index in [0.29, 0.717) is 11.3 Å². The third kappa shape index (κ3) is 5.46. The summed E-state index contributed by atoms with van der Waals surface area (Å²) in [5.74, 6) is -0.824. The second kappa shape index (κ2) is 8.21. The van der Waals surface area contributed by atoms with Gasteiger partial charge in [0.25, 0.3) is 0 Å². The Bertz CT molecular complexity index is 642. The lowest BCUT2D eigenvalue weighted by Gasteiger charge is -2.03. The summed E-state index contributed by atoms with van der Waals surface area (Å²) in [6.45, 7) is 0. The van der Waals surface area contributed by atoms with Crippen LogP contribution in [0, 0.1) is 0 Å². The van der Waals surface area contributed by atoms with Crippen molar-refractivity contribution in [2.45, 2.75) is 0 Å². The molecule has 0 unspecified atom stereocenters. The van der Waals surface area contributed by atoms with Crippen molar-refractivity contribution in [2.24, 2.45) is 0 Å². The molecule has 0 saturated carbocycles. The Morgan fingerprint density at radius 1 is 1.00 bits per heavy atom. The van der Waals surface area contributed by atoms with Gasteiger partial charge in [-0.1, -0.05) is 18.2 Å². The molecular weight excluding hydrogens is 288 g/mol. The Morgan fingerprint density at radius 2 is 1.59 bits per heavy atom. The number of rotatable bonds is 3. The molecule has 0 spiro atoms. The topological polar surface area (TPSA) is 107 Å². The van der Waals surface area contributed by atoms with E-state index < -0.39 is 5.97 Å². The smallest absolute Gasteiger partial charge is 0.328 e. The summed E-state index contributed by atoms with van der Waals surface area (Å²) >= 11 is 0. The van der Waals surface area contributed by atoms with Crippen molar-refractivity contribution in [3.05, 3.63) is 54.1 Å². The molecule has 4 N–H and O–H groups in total. The van der Waals surface area contributed by atoms with E-state index >= 15 is 0 Å². The Balaban J connectivity index is 0.000000255. The minimum atomic E-state index is -1.02. The van der Waals surface area contributed by atoms with E-state index in [-0.39, 0.29) is 17.2 Å². The summed E-state index contributed by atoms with van der Waals surface area (Å²) in [6, 6.07) is 10.7. The standard InChI is InChI=1S/C10H10O4.C6H6O2/c1-14-9-6-7(2-4-8(9)11)3-5-10(12)13;7-5-3-1-2-4-6(5)8/h2-6,11H,1H3,(H,12,13);1-4,7-8H/b5-3+;. The first-order valence-corrected chi connectivity index (χ1v) is 6.19. The number of carboxylic acid groups (broad SMARTS) is 1. The van der Waals surface area contributed by atoms with Gasteiger partial charge in [-0.3, -0.25) is 0 Å². The van der Waals surface area contributed by atoms with Crippen LogP contribution in [0.2, 0.25) is 0 Å². The number of carboxylic acids is 1. The van der Waals surface area contributed by atoms with Crippen LogP contribution in [0.4, 0.5) is 0 Å². The SMILES string of the molecule is COc1cc(/C=C/C(=O)O)ccc1O.Oc1ccccc1O. The van der Waals surface area contributed by atoms with Gasteiger partial charge in [-0.2, -0.15) is 0 Å². The molecule has 0 amide bonds. The predicted molar refractivity (Wildman–Crippen MR) is 81.1 cm³/mol. The van der Waals surface area contributed by atoms with Gasteiger partial charge in [0.05, 0.1) is 7.11 Å². The minimum Gasteiger partial charge on any atom is -0.504 e. The molecule has 2 rings (SSSR count). The molecule has 2 aromatic rings. The summed E-state index contributed by atoms with van der Waals surface area (Å²) < 4.78 is 4.86. The van der Waals surface area contributed by atoms with E-state index in [9.17, 15) is 9.90 Å². The van der Waals surface area contributed by atoms with Gasteiger partial charge in [0.2, 0.25) is 0 Å². The zero-order valence-electron chi connectivity index (χ0n) is 11.8. The van der Waals surface area contributed by atoms with Gasteiger partial charge in [0.15, 0.2) is 23.0 Å². The average molecular weight is 304 g/mol. The molecule has 0 saturated heterocycles. The number of phenols is 3. The second-order valence-electron chi connectivity index (χ2n) is 4.09. The van der Waals surface area contributed by atoms with Gasteiger partial charge in [0, 0.05) is 6.08 Å². The van der Waals surface area contributed by atoms with Crippen LogP contribution in [-0.2, 0) is 4.79 Å². The minimum absolute atomic E-state index is 0.0278. The largest absolute Gasteiger partial charge is 0.504 e. The van der Waals surface area contributed by atoms with Gasteiger partial charge in [0.1, 0.15) is 0 Å². The molecule has 6 heteroatoms. The van der Waals surface area contributed by atoms with Crippen molar-refractivity contribution in [3.63, 3.8) is 0 Å². The number of ether oxygens (including phenoxy) is 1. The molecule has 116 valence electrons. The first kappa shape index (κ1) is 16.9. The number of benzene rings is 2. The van der Waals surface area contributed by atoms with Crippen LogP contribution >= 0.6 is 0 Å². The van der Waals surface area contributed by atoms with Crippen molar-refractivity contribution in [3.8, 4) is 23.0 Å². The molecule has 0 fully saturated rings. The van der Waals surface area contributed by atoms with E-state index in [1.165, 1.54) is 31.4 Å². The van der Waals surface area contributed by atoms with E-state index in [1.807, 2.05) is 0 Å². The van der Waals surface area contributed by atoms with Crippen molar-refractivity contribution < 1.29 is 30.0 Å². The number of aliphatic carboxylic acids is 1. The van der Waals surface area contributed by atoms with Crippen LogP contribution in [0.25, 0.3) is 6.08 Å². The molecule has 0 aromatic heterocycles. The van der Waals surface area contributed by atoms with E-state index in [2.05, 4.69) is 0 Å². The highest BCUT2D eigenvalue weighted by Gasteiger charge is 2.00. The number of para-hydroxylation sites is 2. The van der Waals surface area contributed by atoms with Crippen LogP contribution in [0.5, 0.6) is 23.0 Å². The lowest BCUT2D eigenvalue weighted by Crippen LogP contribution is -1.87. The van der Waals surface area contributed by atoms with Gasteiger partial charge in [-0.15, -0.1) is 0 Å². The lowest BCUT2D eigenvalue weighted by molar-refractivity contribution is -0.131. The van der Waals surface area contributed by atoms with Crippen LogP contribution in [0.3, 0.4) is 0 Å². The van der Waals surface area contributed by atoms with Crippen LogP contribution in [-0.4, -0.2) is 33.5 Å². The van der Waals surface area contributed by atoms with Crippen molar-refractivity contribution in [2.75, 3.05) is 7.11 Å². The van der Waals surface area contributed by atoms with Crippen LogP contribution < -0.4 is 4.74 Å². The molecule has 0 bridgehead atoms. The van der Waals surface area contributed by atoms with Gasteiger partial charge in [-0.25, -0.2) is 4.79 Å². The molecule has 0 atom stereocenters. The maximum atomic E-state index is 10.2. The van der Waals surface area contributed by atoms with E-state index in [4.69, 9.17) is 20.1 Å². The summed E-state index contributed by atoms with van der Waals surface area (Å²) in [4.78, 5) is 10.2. The van der Waals surface area contributed by atoms with E-state index in [0.717, 1.165) is 6.08 Å². The maximum Gasteiger partial charge on any atom is 0.328 e. The number of phenolic OH excluding ortho intramolecular Hbond substituents is 3. The fraction of sp³-hybridized carbons (Fsp3) is 0.0625. The lowest BCUT2D eigenvalue weighted by atomic mass is 10.2. The summed E-state index contributed by atoms with van der Waals surface area (Å²) in [7, 11) is 1.43. The first-order valence-electron chi connectivity index (χ1n) is 6.19. The molecule has 6 nitrogen and oxygen atoms in total. The molecule has 0 aliphatic carbocycles. The highest BCUT2D eigenvalue weighted by atomic mass is 16.5. The second-order valence-corrected chi connectivity index (χ2v) is 4.09. The molecule has 0 aliphatic rings. The molecule has 0 radical (unpaired) electrons. The van der Waals surface area contributed by atoms with Gasteiger partial charge < -0.3 is 25.2 Å². The predicted octanol–water partition coefficient (Wildman–Crippen LogP) is 2.60. The molecule has 22 heavy (non-hydrogen) atoms. The van der Waals surface area contributed by atoms with E-state index in [1.54, 1.807) is 24.3 Å². The Kier molecular flexibility index (Phi) is 6.31. The summed E-state index contributed by atoms with van der Waals surface area (Å²) in [5.41, 5.74) is 0.655. The molecule has 2 aromatic carbocycles. The molecule has 0 aliphatic heterocycles. The Hall–Kier alpha value is -3.15. The highest BCUT2D eigenvalue weighted by Crippen LogP contribution is 2.26. The third-order valence-corrected chi connectivity index (χ3v) is 2.50. The maximum absolute atomic E-state index is 10.2. The normalized spacial score (nSPS) is 9.86. The number of carbonyl (C=O) groups is 1. The number of hydrogen-bond donors (Lipinski definition) is 4. The highest BCUT2D eigenvalue weighted by molar-refractivity contribution is 5.85. The molecular formula is C16H16O6. The van der Waals surface area contributed by atoms with Crippen molar-refractivity contribution in [1.82, 2.24) is 0 Å².